The molecular formula is C15H22N4O4. The fourth-order valence-corrected chi connectivity index (χ4v) is 2.41. The number of nitro benzene ring substituents is 1. The predicted octanol–water partition coefficient (Wildman–Crippen LogP) is 1.10. The molecule has 0 aliphatic rings. The number of benzene rings is 1. The molecule has 0 unspecified atom stereocenters. The summed E-state index contributed by atoms with van der Waals surface area (Å²) in [5.74, 6) is 0. The van der Waals surface area contributed by atoms with Gasteiger partial charge in [0, 0.05) is 33.3 Å². The second-order valence-electron chi connectivity index (χ2n) is 5.69. The highest BCUT2D eigenvalue weighted by atomic mass is 16.6. The van der Waals surface area contributed by atoms with Crippen molar-refractivity contribution in [3.05, 3.63) is 27.8 Å². The number of hydrogen-bond donors (Lipinski definition) is 2. The molecule has 8 nitrogen and oxygen atoms in total. The van der Waals surface area contributed by atoms with Crippen molar-refractivity contribution in [3.8, 4) is 6.07 Å². The highest BCUT2D eigenvalue weighted by Crippen LogP contribution is 2.35. The summed E-state index contributed by atoms with van der Waals surface area (Å²) >= 11 is 0. The lowest BCUT2D eigenvalue weighted by Gasteiger charge is -2.26. The molecule has 0 aliphatic heterocycles. The quantitative estimate of drug-likeness (QED) is 0.570. The number of hydrogen-bond acceptors (Lipinski definition) is 7. The van der Waals surface area contributed by atoms with E-state index in [0.29, 0.717) is 11.4 Å². The fraction of sp³-hybridized carbons (Fsp3) is 0.533. The summed E-state index contributed by atoms with van der Waals surface area (Å²) < 4.78 is 0. The van der Waals surface area contributed by atoms with Crippen LogP contribution in [-0.4, -0.2) is 54.5 Å². The van der Waals surface area contributed by atoms with Gasteiger partial charge in [-0.3, -0.25) is 10.1 Å². The van der Waals surface area contributed by atoms with Crippen LogP contribution in [0.25, 0.3) is 0 Å². The van der Waals surface area contributed by atoms with E-state index in [2.05, 4.69) is 0 Å². The molecule has 0 spiro atoms. The molecule has 126 valence electrons. The van der Waals surface area contributed by atoms with Gasteiger partial charge in [0.2, 0.25) is 0 Å². The molecule has 1 aromatic carbocycles. The molecule has 0 aliphatic carbocycles. The number of likely N-dealkylation sites (N-methyl/N-ethyl adjacent to an activating group) is 2. The molecule has 0 saturated heterocycles. The smallest absolute Gasteiger partial charge is 0.293 e. The van der Waals surface area contributed by atoms with E-state index in [9.17, 15) is 25.6 Å². The van der Waals surface area contributed by atoms with Crippen LogP contribution in [0, 0.1) is 21.4 Å². The minimum atomic E-state index is -0.658. The normalized spacial score (nSPS) is 13.1. The Labute approximate surface area is 135 Å². The van der Waals surface area contributed by atoms with Crippen molar-refractivity contribution in [2.45, 2.75) is 26.1 Å². The third kappa shape index (κ3) is 4.81. The maximum atomic E-state index is 11.3. The van der Waals surface area contributed by atoms with Crippen LogP contribution >= 0.6 is 0 Å². The molecule has 1 rings (SSSR count). The van der Waals surface area contributed by atoms with Crippen molar-refractivity contribution < 1.29 is 15.1 Å². The van der Waals surface area contributed by atoms with Gasteiger partial charge in [-0.25, -0.2) is 0 Å². The second kappa shape index (κ2) is 7.76. The molecule has 2 atom stereocenters. The van der Waals surface area contributed by atoms with Gasteiger partial charge in [0.15, 0.2) is 0 Å². The van der Waals surface area contributed by atoms with E-state index in [4.69, 9.17) is 0 Å². The number of nitriles is 1. The number of anilines is 2. The summed E-state index contributed by atoms with van der Waals surface area (Å²) in [4.78, 5) is 14.0. The van der Waals surface area contributed by atoms with Crippen LogP contribution in [0.3, 0.4) is 0 Å². The van der Waals surface area contributed by atoms with Gasteiger partial charge in [0.05, 0.1) is 28.4 Å². The van der Waals surface area contributed by atoms with Crippen molar-refractivity contribution in [2.75, 3.05) is 37.0 Å². The first-order valence-electron chi connectivity index (χ1n) is 7.18. The molecule has 0 heterocycles. The molecule has 1 aromatic rings. The zero-order valence-corrected chi connectivity index (χ0v) is 13.7. The van der Waals surface area contributed by atoms with Crippen LogP contribution in [0.5, 0.6) is 0 Å². The number of aliphatic hydroxyl groups is 2. The first kappa shape index (κ1) is 18.7. The van der Waals surface area contributed by atoms with Crippen molar-refractivity contribution >= 4 is 17.1 Å². The Bertz CT molecular complexity index is 610. The molecule has 8 heteroatoms. The maximum absolute atomic E-state index is 11.3. The highest BCUT2D eigenvalue weighted by molar-refractivity contribution is 5.75. The van der Waals surface area contributed by atoms with Crippen LogP contribution in [0.2, 0.25) is 0 Å². The molecule has 0 saturated carbocycles. The maximum Gasteiger partial charge on any atom is 0.293 e. The lowest BCUT2D eigenvalue weighted by atomic mass is 10.1. The average molecular weight is 322 g/mol. The zero-order chi connectivity index (χ0) is 17.7. The van der Waals surface area contributed by atoms with E-state index in [0.717, 1.165) is 0 Å². The fourth-order valence-electron chi connectivity index (χ4n) is 2.41. The minimum Gasteiger partial charge on any atom is -0.392 e. The predicted molar refractivity (Wildman–Crippen MR) is 87.7 cm³/mol. The van der Waals surface area contributed by atoms with Gasteiger partial charge in [-0.05, 0) is 19.9 Å². The Morgan fingerprint density at radius 1 is 1.17 bits per heavy atom. The standard InChI is InChI=1S/C15H22N4O4/c1-10(20)8-17(3)13-6-14(18(4)9-11(2)21)15(19(22)23)5-12(13)7-16/h5-6,10-11,20-21H,8-9H2,1-4H3/t10-,11-/m1/s1. The van der Waals surface area contributed by atoms with E-state index in [1.54, 1.807) is 43.8 Å². The van der Waals surface area contributed by atoms with Gasteiger partial charge < -0.3 is 20.0 Å². The molecular weight excluding hydrogens is 300 g/mol. The zero-order valence-electron chi connectivity index (χ0n) is 13.7. The van der Waals surface area contributed by atoms with Gasteiger partial charge in [-0.15, -0.1) is 0 Å². The van der Waals surface area contributed by atoms with Crippen molar-refractivity contribution in [1.29, 1.82) is 5.26 Å². The minimum absolute atomic E-state index is 0.161. The summed E-state index contributed by atoms with van der Waals surface area (Å²) in [6, 6.07) is 4.72. The van der Waals surface area contributed by atoms with Crippen molar-refractivity contribution in [1.82, 2.24) is 0 Å². The van der Waals surface area contributed by atoms with E-state index in [-0.39, 0.29) is 24.3 Å². The first-order chi connectivity index (χ1) is 10.7. The van der Waals surface area contributed by atoms with E-state index in [1.165, 1.54) is 6.07 Å². The Morgan fingerprint density at radius 2 is 1.65 bits per heavy atom. The average Bonchev–Trinajstić information content (AvgIpc) is 2.44. The monoisotopic (exact) mass is 322 g/mol. The number of aliphatic hydroxyl groups excluding tert-OH is 2. The SMILES string of the molecule is C[C@@H](O)CN(C)c1cc(N(C)C[C@@H](C)O)c([N+](=O)[O-])cc1C#N. The molecule has 23 heavy (non-hydrogen) atoms. The Balaban J connectivity index is 3.42. The largest absolute Gasteiger partial charge is 0.392 e. The third-order valence-corrected chi connectivity index (χ3v) is 3.31. The van der Waals surface area contributed by atoms with E-state index in [1.807, 2.05) is 6.07 Å². The topological polar surface area (TPSA) is 114 Å². The van der Waals surface area contributed by atoms with Crippen LogP contribution in [0.15, 0.2) is 12.1 Å². The van der Waals surface area contributed by atoms with Crippen LogP contribution in [0.1, 0.15) is 19.4 Å². The Kier molecular flexibility index (Phi) is 6.30. The number of nitrogens with zero attached hydrogens (tertiary/aromatic N) is 4. The molecule has 0 radical (unpaired) electrons. The second-order valence-corrected chi connectivity index (χ2v) is 5.69. The van der Waals surface area contributed by atoms with Gasteiger partial charge in [-0.2, -0.15) is 5.26 Å². The van der Waals surface area contributed by atoms with Gasteiger partial charge >= 0.3 is 0 Å². The molecule has 0 amide bonds. The number of nitro groups is 1. The first-order valence-corrected chi connectivity index (χ1v) is 7.18. The molecule has 0 fully saturated rings. The summed E-state index contributed by atoms with van der Waals surface area (Å²) in [6.07, 6.45) is -1.27. The van der Waals surface area contributed by atoms with Crippen LogP contribution in [0.4, 0.5) is 17.1 Å². The van der Waals surface area contributed by atoms with E-state index >= 15 is 0 Å². The van der Waals surface area contributed by atoms with Gasteiger partial charge in [0.1, 0.15) is 11.8 Å². The molecule has 0 bridgehead atoms. The Morgan fingerprint density at radius 3 is 2.04 bits per heavy atom. The number of rotatable bonds is 7. The van der Waals surface area contributed by atoms with E-state index < -0.39 is 17.1 Å². The summed E-state index contributed by atoms with van der Waals surface area (Å²) in [5.41, 5.74) is 0.765. The highest BCUT2D eigenvalue weighted by Gasteiger charge is 2.23. The van der Waals surface area contributed by atoms with Crippen molar-refractivity contribution in [3.63, 3.8) is 0 Å². The molecule has 0 aromatic heterocycles. The summed E-state index contributed by atoms with van der Waals surface area (Å²) in [7, 11) is 3.34. The third-order valence-electron chi connectivity index (χ3n) is 3.31. The van der Waals surface area contributed by atoms with Crippen LogP contribution < -0.4 is 9.80 Å². The van der Waals surface area contributed by atoms with Gasteiger partial charge in [0.25, 0.3) is 5.69 Å². The summed E-state index contributed by atoms with van der Waals surface area (Å²) in [5, 5.41) is 39.6. The van der Waals surface area contributed by atoms with Gasteiger partial charge in [-0.1, -0.05) is 0 Å². The Hall–Kier alpha value is -2.37. The lowest BCUT2D eigenvalue weighted by Crippen LogP contribution is -2.29. The summed E-state index contributed by atoms with van der Waals surface area (Å²) in [6.45, 7) is 3.71. The molecule has 2 N–H and O–H groups in total. The lowest BCUT2D eigenvalue weighted by molar-refractivity contribution is -0.384. The van der Waals surface area contributed by atoms with Crippen molar-refractivity contribution in [2.24, 2.45) is 0 Å². The van der Waals surface area contributed by atoms with Crippen LogP contribution in [-0.2, 0) is 0 Å².